The Balaban J connectivity index is 0.000000195. The van der Waals surface area contributed by atoms with E-state index in [1.165, 1.54) is 6.42 Å². The van der Waals surface area contributed by atoms with Crippen LogP contribution in [0.3, 0.4) is 0 Å². The Hall–Kier alpha value is -2.29. The van der Waals surface area contributed by atoms with Crippen LogP contribution in [0, 0.1) is 10.8 Å². The molecule has 1 fully saturated rings. The van der Waals surface area contributed by atoms with Crippen LogP contribution in [0.2, 0.25) is 0 Å². The highest BCUT2D eigenvalue weighted by atomic mass is 16.3. The molecule has 1 aliphatic carbocycles. The first-order valence-electron chi connectivity index (χ1n) is 8.68. The summed E-state index contributed by atoms with van der Waals surface area (Å²) in [5.74, 6) is 1.08. The molecule has 136 valence electrons. The summed E-state index contributed by atoms with van der Waals surface area (Å²) < 4.78 is 0. The van der Waals surface area contributed by atoms with Crippen LogP contribution in [-0.2, 0) is 4.79 Å². The third-order valence-corrected chi connectivity index (χ3v) is 5.11. The molecule has 0 aliphatic heterocycles. The molecule has 1 saturated carbocycles. The number of hydrogen-bond acceptors (Lipinski definition) is 3. The average molecular weight is 342 g/mol. The summed E-state index contributed by atoms with van der Waals surface area (Å²) in [6, 6.07) is 17.4. The molecule has 0 heterocycles. The lowest BCUT2D eigenvalue weighted by molar-refractivity contribution is -0.137. The maximum Gasteiger partial charge on any atom is 0.139 e. The second-order valence-electron chi connectivity index (χ2n) is 7.46. The largest absolute Gasteiger partial charge is 0.508 e. The first kappa shape index (κ1) is 20.8. The molecule has 25 heavy (non-hydrogen) atoms. The number of para-hydroxylation sites is 2. The van der Waals surface area contributed by atoms with Crippen molar-refractivity contribution >= 4 is 5.78 Å². The van der Waals surface area contributed by atoms with Crippen LogP contribution >= 0.6 is 0 Å². The summed E-state index contributed by atoms with van der Waals surface area (Å²) in [5, 5.41) is 17.3. The summed E-state index contributed by atoms with van der Waals surface area (Å²) in [5.41, 5.74) is 0.0909. The molecule has 3 heteroatoms. The first-order valence-corrected chi connectivity index (χ1v) is 8.68. The second kappa shape index (κ2) is 9.26. The van der Waals surface area contributed by atoms with Gasteiger partial charge in [-0.2, -0.15) is 0 Å². The summed E-state index contributed by atoms with van der Waals surface area (Å²) in [6.45, 7) is 8.55. The molecular weight excluding hydrogens is 312 g/mol. The van der Waals surface area contributed by atoms with Crippen LogP contribution in [0.4, 0.5) is 0 Å². The van der Waals surface area contributed by atoms with Gasteiger partial charge in [0.05, 0.1) is 0 Å². The van der Waals surface area contributed by atoms with E-state index in [1.54, 1.807) is 48.5 Å². The number of carbonyl (C=O) groups is 1. The van der Waals surface area contributed by atoms with Crippen LogP contribution in [-0.4, -0.2) is 16.0 Å². The van der Waals surface area contributed by atoms with Crippen molar-refractivity contribution in [3.8, 4) is 11.5 Å². The third-order valence-electron chi connectivity index (χ3n) is 5.11. The monoisotopic (exact) mass is 342 g/mol. The molecule has 0 spiro atoms. The standard InChI is InChI=1S/C10H18O.2C6H6O/c1-9(2)7-5-6-8(11)10(9,3)4;2*7-6-4-2-1-3-5-6/h5-7H2,1-4H3;2*1-5,7H. The Labute approximate surface area is 151 Å². The lowest BCUT2D eigenvalue weighted by Crippen LogP contribution is -2.42. The van der Waals surface area contributed by atoms with E-state index in [9.17, 15) is 4.79 Å². The first-order chi connectivity index (χ1) is 11.7. The number of Topliss-reactive ketones (excluding diaryl/α,β-unsaturated/α-hetero) is 1. The summed E-state index contributed by atoms with van der Waals surface area (Å²) in [6.07, 6.45) is 3.05. The average Bonchev–Trinajstić information content (AvgIpc) is 2.56. The van der Waals surface area contributed by atoms with E-state index in [0.717, 1.165) is 12.8 Å². The number of phenols is 2. The zero-order valence-corrected chi connectivity index (χ0v) is 15.7. The van der Waals surface area contributed by atoms with E-state index in [4.69, 9.17) is 10.2 Å². The van der Waals surface area contributed by atoms with E-state index in [2.05, 4.69) is 27.7 Å². The molecule has 0 unspecified atom stereocenters. The third kappa shape index (κ3) is 6.61. The number of aromatic hydroxyl groups is 2. The van der Waals surface area contributed by atoms with E-state index >= 15 is 0 Å². The molecule has 0 atom stereocenters. The molecule has 0 radical (unpaired) electrons. The number of carbonyl (C=O) groups excluding carboxylic acids is 1. The van der Waals surface area contributed by atoms with Gasteiger partial charge in [-0.1, -0.05) is 64.1 Å². The van der Waals surface area contributed by atoms with Crippen LogP contribution < -0.4 is 0 Å². The normalized spacial score (nSPS) is 17.4. The van der Waals surface area contributed by atoms with Crippen LogP contribution in [0.5, 0.6) is 11.5 Å². The Bertz CT molecular complexity index is 593. The van der Waals surface area contributed by atoms with Gasteiger partial charge >= 0.3 is 0 Å². The molecule has 0 saturated heterocycles. The van der Waals surface area contributed by atoms with Gasteiger partial charge in [-0.15, -0.1) is 0 Å². The topological polar surface area (TPSA) is 57.5 Å². The Morgan fingerprint density at radius 3 is 1.40 bits per heavy atom. The van der Waals surface area contributed by atoms with E-state index < -0.39 is 0 Å². The van der Waals surface area contributed by atoms with Crippen LogP contribution in [0.25, 0.3) is 0 Å². The van der Waals surface area contributed by atoms with Crippen molar-refractivity contribution in [2.45, 2.75) is 47.0 Å². The molecule has 2 aromatic rings. The highest BCUT2D eigenvalue weighted by Crippen LogP contribution is 2.47. The molecule has 0 bridgehead atoms. The fourth-order valence-corrected chi connectivity index (χ4v) is 2.55. The van der Waals surface area contributed by atoms with Gasteiger partial charge in [-0.3, -0.25) is 4.79 Å². The van der Waals surface area contributed by atoms with Crippen LogP contribution in [0.15, 0.2) is 60.7 Å². The molecular formula is C22H30O3. The number of benzene rings is 2. The number of rotatable bonds is 0. The SMILES string of the molecule is CC1(C)CCCC(=O)C1(C)C.Oc1ccccc1.Oc1ccccc1. The van der Waals surface area contributed by atoms with Crippen molar-refractivity contribution in [2.24, 2.45) is 10.8 Å². The van der Waals surface area contributed by atoms with Crippen molar-refractivity contribution in [1.29, 1.82) is 0 Å². The fraction of sp³-hybridized carbons (Fsp3) is 0.409. The van der Waals surface area contributed by atoms with Crippen LogP contribution in [0.1, 0.15) is 47.0 Å². The molecule has 3 rings (SSSR count). The number of ketones is 1. The summed E-state index contributed by atoms with van der Waals surface area (Å²) in [7, 11) is 0. The number of hydrogen-bond donors (Lipinski definition) is 2. The fourth-order valence-electron chi connectivity index (χ4n) is 2.55. The highest BCUT2D eigenvalue weighted by molar-refractivity contribution is 5.85. The predicted octanol–water partition coefficient (Wildman–Crippen LogP) is 5.58. The zero-order valence-electron chi connectivity index (χ0n) is 15.7. The highest BCUT2D eigenvalue weighted by Gasteiger charge is 2.44. The molecule has 1 aliphatic rings. The maximum atomic E-state index is 11.5. The van der Waals surface area contributed by atoms with E-state index in [-0.39, 0.29) is 10.8 Å². The van der Waals surface area contributed by atoms with Gasteiger partial charge in [0.2, 0.25) is 0 Å². The van der Waals surface area contributed by atoms with Gasteiger partial charge in [0.25, 0.3) is 0 Å². The van der Waals surface area contributed by atoms with Gasteiger partial charge in [0, 0.05) is 11.8 Å². The van der Waals surface area contributed by atoms with Gasteiger partial charge < -0.3 is 10.2 Å². The molecule has 0 aromatic heterocycles. The smallest absolute Gasteiger partial charge is 0.139 e. The minimum absolute atomic E-state index is 0.106. The lowest BCUT2D eigenvalue weighted by atomic mass is 9.59. The van der Waals surface area contributed by atoms with Gasteiger partial charge in [0.1, 0.15) is 17.3 Å². The molecule has 3 nitrogen and oxygen atoms in total. The van der Waals surface area contributed by atoms with E-state index in [0.29, 0.717) is 17.3 Å². The Morgan fingerprint density at radius 2 is 1.16 bits per heavy atom. The number of phenolic OH excluding ortho intramolecular Hbond substituents is 2. The molecule has 2 N–H and O–H groups in total. The molecule has 0 amide bonds. The second-order valence-corrected chi connectivity index (χ2v) is 7.46. The lowest BCUT2D eigenvalue weighted by Gasteiger charge is -2.44. The van der Waals surface area contributed by atoms with Crippen molar-refractivity contribution in [3.05, 3.63) is 60.7 Å². The summed E-state index contributed by atoms with van der Waals surface area (Å²) >= 11 is 0. The van der Waals surface area contributed by atoms with Gasteiger partial charge in [-0.05, 0) is 42.5 Å². The minimum Gasteiger partial charge on any atom is -0.508 e. The van der Waals surface area contributed by atoms with Gasteiger partial charge in [-0.25, -0.2) is 0 Å². The quantitative estimate of drug-likeness (QED) is 0.657. The van der Waals surface area contributed by atoms with E-state index in [1.807, 2.05) is 12.1 Å². The molecule has 2 aromatic carbocycles. The van der Waals surface area contributed by atoms with Gasteiger partial charge in [0.15, 0.2) is 0 Å². The van der Waals surface area contributed by atoms with Crippen molar-refractivity contribution in [2.75, 3.05) is 0 Å². The van der Waals surface area contributed by atoms with Crippen molar-refractivity contribution in [3.63, 3.8) is 0 Å². The van der Waals surface area contributed by atoms with Crippen molar-refractivity contribution < 1.29 is 15.0 Å². The summed E-state index contributed by atoms with van der Waals surface area (Å²) in [4.78, 5) is 11.5. The predicted molar refractivity (Wildman–Crippen MR) is 103 cm³/mol. The van der Waals surface area contributed by atoms with Crippen molar-refractivity contribution in [1.82, 2.24) is 0 Å². The minimum atomic E-state index is -0.106. The maximum absolute atomic E-state index is 11.5. The Kier molecular flexibility index (Phi) is 7.69. The zero-order chi connectivity index (χ0) is 18.9. The Morgan fingerprint density at radius 1 is 0.760 bits per heavy atom.